The second-order valence-electron chi connectivity index (χ2n) is 4.37. The number of hydrogen-bond donors (Lipinski definition) is 1. The van der Waals surface area contributed by atoms with Gasteiger partial charge in [0.15, 0.2) is 0 Å². The summed E-state index contributed by atoms with van der Waals surface area (Å²) in [5.74, 6) is -0.350. The number of hydrogen-bond acceptors (Lipinski definition) is 4. The molecule has 0 aliphatic rings. The fourth-order valence-electron chi connectivity index (χ4n) is 1.79. The zero-order chi connectivity index (χ0) is 15.5. The third kappa shape index (κ3) is 3.10. The Balaban J connectivity index is 1.80. The van der Waals surface area contributed by atoms with Crippen LogP contribution in [0.25, 0.3) is 11.4 Å². The number of halogens is 2. The minimum Gasteiger partial charge on any atom is -0.328 e. The minimum atomic E-state index is -0.543. The number of aromatic nitrogens is 2. The number of nitrogens with zero attached hydrogens (tertiary/aromatic N) is 2. The number of nitrogens with one attached hydrogen (secondary N) is 1. The summed E-state index contributed by atoms with van der Waals surface area (Å²) < 4.78 is 4.97. The van der Waals surface area contributed by atoms with Gasteiger partial charge >= 0.3 is 11.8 Å². The van der Waals surface area contributed by atoms with Crippen LogP contribution in [0.2, 0.25) is 10.0 Å². The zero-order valence-electron chi connectivity index (χ0n) is 11.1. The summed E-state index contributed by atoms with van der Waals surface area (Å²) in [6.07, 6.45) is 0. The van der Waals surface area contributed by atoms with Gasteiger partial charge in [0.1, 0.15) is 0 Å². The molecule has 1 amide bonds. The topological polar surface area (TPSA) is 68.0 Å². The maximum absolute atomic E-state index is 12.1. The molecule has 5 nitrogen and oxygen atoms in total. The monoisotopic (exact) mass is 333 g/mol. The Kier molecular flexibility index (Phi) is 4.09. The molecule has 1 N–H and O–H groups in total. The van der Waals surface area contributed by atoms with E-state index in [0.717, 1.165) is 5.56 Å². The van der Waals surface area contributed by atoms with E-state index in [2.05, 4.69) is 15.5 Å². The first-order chi connectivity index (χ1) is 10.6. The van der Waals surface area contributed by atoms with Gasteiger partial charge in [-0.1, -0.05) is 58.7 Å². The summed E-state index contributed by atoms with van der Waals surface area (Å²) in [5.41, 5.74) is 1.17. The van der Waals surface area contributed by atoms with E-state index < -0.39 is 5.91 Å². The van der Waals surface area contributed by atoms with Crippen molar-refractivity contribution in [1.82, 2.24) is 10.1 Å². The highest BCUT2D eigenvalue weighted by atomic mass is 35.5. The molecule has 0 fully saturated rings. The second-order valence-corrected chi connectivity index (χ2v) is 5.21. The van der Waals surface area contributed by atoms with Crippen LogP contribution < -0.4 is 5.32 Å². The number of rotatable bonds is 3. The maximum Gasteiger partial charge on any atom is 0.316 e. The average Bonchev–Trinajstić information content (AvgIpc) is 3.01. The summed E-state index contributed by atoms with van der Waals surface area (Å²) in [6, 6.07) is 14.0. The SMILES string of the molecule is O=C(Nc1ccc(Cl)cc1Cl)c1nc(-c2ccccc2)no1. The first-order valence-electron chi connectivity index (χ1n) is 6.29. The van der Waals surface area contributed by atoms with E-state index >= 15 is 0 Å². The lowest BCUT2D eigenvalue weighted by atomic mass is 10.2. The molecule has 1 heterocycles. The van der Waals surface area contributed by atoms with Gasteiger partial charge < -0.3 is 9.84 Å². The molecule has 2 aromatic carbocycles. The van der Waals surface area contributed by atoms with Crippen molar-refractivity contribution in [2.24, 2.45) is 0 Å². The molecule has 0 saturated carbocycles. The molecule has 0 bridgehead atoms. The van der Waals surface area contributed by atoms with Crippen LogP contribution in [0.5, 0.6) is 0 Å². The van der Waals surface area contributed by atoms with E-state index in [0.29, 0.717) is 21.6 Å². The Bertz CT molecular complexity index is 819. The number of amides is 1. The van der Waals surface area contributed by atoms with E-state index in [9.17, 15) is 4.79 Å². The summed E-state index contributed by atoms with van der Waals surface area (Å²) in [7, 11) is 0. The molecular formula is C15H9Cl2N3O2. The van der Waals surface area contributed by atoms with Crippen LogP contribution in [-0.4, -0.2) is 16.0 Å². The third-order valence-corrected chi connectivity index (χ3v) is 3.38. The summed E-state index contributed by atoms with van der Waals surface area (Å²) in [5, 5.41) is 7.18. The lowest BCUT2D eigenvalue weighted by Crippen LogP contribution is -2.12. The largest absolute Gasteiger partial charge is 0.328 e. The van der Waals surface area contributed by atoms with Crippen molar-refractivity contribution < 1.29 is 9.32 Å². The van der Waals surface area contributed by atoms with E-state index in [4.69, 9.17) is 27.7 Å². The highest BCUT2D eigenvalue weighted by molar-refractivity contribution is 6.36. The van der Waals surface area contributed by atoms with Crippen LogP contribution in [0.3, 0.4) is 0 Å². The number of anilines is 1. The van der Waals surface area contributed by atoms with Gasteiger partial charge in [0, 0.05) is 10.6 Å². The second kappa shape index (κ2) is 6.17. The summed E-state index contributed by atoms with van der Waals surface area (Å²) in [4.78, 5) is 16.2. The molecule has 110 valence electrons. The quantitative estimate of drug-likeness (QED) is 0.776. The molecular weight excluding hydrogens is 325 g/mol. The van der Waals surface area contributed by atoms with Crippen LogP contribution in [-0.2, 0) is 0 Å². The van der Waals surface area contributed by atoms with Gasteiger partial charge in [0.05, 0.1) is 10.7 Å². The molecule has 1 aromatic heterocycles. The van der Waals surface area contributed by atoms with Gasteiger partial charge in [-0.15, -0.1) is 0 Å². The van der Waals surface area contributed by atoms with Crippen molar-refractivity contribution in [1.29, 1.82) is 0 Å². The van der Waals surface area contributed by atoms with Gasteiger partial charge in [-0.25, -0.2) is 0 Å². The lowest BCUT2D eigenvalue weighted by molar-refractivity contribution is 0.0981. The molecule has 3 aromatic rings. The van der Waals surface area contributed by atoms with E-state index in [-0.39, 0.29) is 5.89 Å². The molecule has 0 saturated heterocycles. The van der Waals surface area contributed by atoms with Crippen molar-refractivity contribution in [3.63, 3.8) is 0 Å². The van der Waals surface area contributed by atoms with Gasteiger partial charge in [0.25, 0.3) is 0 Å². The van der Waals surface area contributed by atoms with Gasteiger partial charge in [0.2, 0.25) is 5.82 Å². The average molecular weight is 334 g/mol. The van der Waals surface area contributed by atoms with Crippen molar-refractivity contribution in [2.75, 3.05) is 5.32 Å². The van der Waals surface area contributed by atoms with Gasteiger partial charge in [-0.3, -0.25) is 4.79 Å². The van der Waals surface area contributed by atoms with E-state index in [1.807, 2.05) is 30.3 Å². The van der Waals surface area contributed by atoms with Crippen molar-refractivity contribution in [3.8, 4) is 11.4 Å². The molecule has 0 unspecified atom stereocenters. The first-order valence-corrected chi connectivity index (χ1v) is 7.04. The van der Waals surface area contributed by atoms with Crippen LogP contribution in [0.15, 0.2) is 53.1 Å². The van der Waals surface area contributed by atoms with E-state index in [1.54, 1.807) is 12.1 Å². The molecule has 0 aliphatic carbocycles. The summed E-state index contributed by atoms with van der Waals surface area (Å²) in [6.45, 7) is 0. The van der Waals surface area contributed by atoms with Crippen LogP contribution in [0.4, 0.5) is 5.69 Å². The standard InChI is InChI=1S/C15H9Cl2N3O2/c16-10-6-7-12(11(17)8-10)18-14(21)15-19-13(20-22-15)9-4-2-1-3-5-9/h1-8H,(H,18,21). The molecule has 0 atom stereocenters. The smallest absolute Gasteiger partial charge is 0.316 e. The number of benzene rings is 2. The van der Waals surface area contributed by atoms with Gasteiger partial charge in [-0.2, -0.15) is 4.98 Å². The molecule has 7 heteroatoms. The number of carbonyl (C=O) groups is 1. The third-order valence-electron chi connectivity index (χ3n) is 2.83. The Morgan fingerprint density at radius 3 is 2.59 bits per heavy atom. The Morgan fingerprint density at radius 1 is 1.09 bits per heavy atom. The Labute approximate surface area is 135 Å². The fourth-order valence-corrected chi connectivity index (χ4v) is 2.24. The molecule has 0 radical (unpaired) electrons. The molecule has 0 aliphatic heterocycles. The predicted octanol–water partition coefficient (Wildman–Crippen LogP) is 4.30. The summed E-state index contributed by atoms with van der Waals surface area (Å²) >= 11 is 11.8. The highest BCUT2D eigenvalue weighted by Crippen LogP contribution is 2.25. The van der Waals surface area contributed by atoms with Crippen LogP contribution >= 0.6 is 23.2 Å². The normalized spacial score (nSPS) is 10.5. The Hall–Kier alpha value is -2.37. The molecule has 0 spiro atoms. The van der Waals surface area contributed by atoms with Crippen molar-refractivity contribution in [2.45, 2.75) is 0 Å². The number of carbonyl (C=O) groups excluding carboxylic acids is 1. The van der Waals surface area contributed by atoms with Crippen molar-refractivity contribution in [3.05, 3.63) is 64.5 Å². The van der Waals surface area contributed by atoms with Crippen molar-refractivity contribution >= 4 is 34.8 Å². The molecule has 3 rings (SSSR count). The van der Waals surface area contributed by atoms with Crippen LogP contribution in [0.1, 0.15) is 10.7 Å². The van der Waals surface area contributed by atoms with E-state index in [1.165, 1.54) is 6.07 Å². The fraction of sp³-hybridized carbons (Fsp3) is 0. The lowest BCUT2D eigenvalue weighted by Gasteiger charge is -2.04. The maximum atomic E-state index is 12.1. The minimum absolute atomic E-state index is 0.148. The predicted molar refractivity (Wildman–Crippen MR) is 84.1 cm³/mol. The van der Waals surface area contributed by atoms with Crippen LogP contribution in [0, 0.1) is 0 Å². The van der Waals surface area contributed by atoms with Gasteiger partial charge in [-0.05, 0) is 18.2 Å². The zero-order valence-corrected chi connectivity index (χ0v) is 12.6. The first kappa shape index (κ1) is 14.6. The molecule has 22 heavy (non-hydrogen) atoms. The highest BCUT2D eigenvalue weighted by Gasteiger charge is 2.17. The Morgan fingerprint density at radius 2 is 1.86 bits per heavy atom.